The first kappa shape index (κ1) is 14.8. The highest BCUT2D eigenvalue weighted by atomic mass is 16.5. The Balaban J connectivity index is 1.89. The van der Waals surface area contributed by atoms with Crippen LogP contribution in [0.5, 0.6) is 5.75 Å². The summed E-state index contributed by atoms with van der Waals surface area (Å²) < 4.78 is 7.14. The van der Waals surface area contributed by atoms with E-state index in [2.05, 4.69) is 5.10 Å². The predicted molar refractivity (Wildman–Crippen MR) is 87.2 cm³/mol. The second-order valence-electron chi connectivity index (χ2n) is 5.75. The van der Waals surface area contributed by atoms with E-state index in [9.17, 15) is 4.79 Å². The van der Waals surface area contributed by atoms with Crippen LogP contribution in [0.3, 0.4) is 0 Å². The molecule has 4 nitrogen and oxygen atoms in total. The van der Waals surface area contributed by atoms with E-state index in [-0.39, 0.29) is 11.6 Å². The van der Waals surface area contributed by atoms with Crippen molar-refractivity contribution >= 4 is 0 Å². The highest BCUT2D eigenvalue weighted by Crippen LogP contribution is 2.27. The monoisotopic (exact) mass is 298 g/mol. The van der Waals surface area contributed by atoms with Gasteiger partial charge in [-0.3, -0.25) is 4.79 Å². The average Bonchev–Trinajstić information content (AvgIpc) is 2.57. The molecule has 0 N–H and O–H groups in total. The molecule has 2 aromatic rings. The second kappa shape index (κ2) is 6.77. The molecule has 1 aromatic heterocycles. The van der Waals surface area contributed by atoms with E-state index in [4.69, 9.17) is 4.74 Å². The Hall–Kier alpha value is -2.10. The summed E-state index contributed by atoms with van der Waals surface area (Å²) in [4.78, 5) is 12.1. The van der Waals surface area contributed by atoms with Gasteiger partial charge in [0.15, 0.2) is 0 Å². The van der Waals surface area contributed by atoms with Gasteiger partial charge in [0.25, 0.3) is 5.56 Å². The van der Waals surface area contributed by atoms with Gasteiger partial charge in [0, 0.05) is 11.6 Å². The minimum absolute atomic E-state index is 0.00147. The minimum Gasteiger partial charge on any atom is -0.494 e. The van der Waals surface area contributed by atoms with Gasteiger partial charge in [0.2, 0.25) is 0 Å². The lowest BCUT2D eigenvalue weighted by molar-refractivity contribution is 0.319. The van der Waals surface area contributed by atoms with Gasteiger partial charge in [-0.15, -0.1) is 0 Å². The minimum atomic E-state index is 0.00147. The topological polar surface area (TPSA) is 44.1 Å². The molecule has 1 heterocycles. The first-order valence-corrected chi connectivity index (χ1v) is 8.11. The molecule has 116 valence electrons. The molecule has 0 atom stereocenters. The summed E-state index contributed by atoms with van der Waals surface area (Å²) in [7, 11) is 0. The predicted octanol–water partition coefficient (Wildman–Crippen LogP) is 3.81. The molecular weight excluding hydrogens is 276 g/mol. The summed E-state index contributed by atoms with van der Waals surface area (Å²) in [5, 5.41) is 4.61. The van der Waals surface area contributed by atoms with E-state index in [1.54, 1.807) is 16.8 Å². The highest BCUT2D eigenvalue weighted by molar-refractivity contribution is 5.59. The van der Waals surface area contributed by atoms with Crippen LogP contribution < -0.4 is 10.3 Å². The third-order valence-corrected chi connectivity index (χ3v) is 4.21. The molecule has 1 saturated carbocycles. The number of hydrogen-bond donors (Lipinski definition) is 0. The molecule has 1 aliphatic carbocycles. The van der Waals surface area contributed by atoms with Gasteiger partial charge in [-0.05, 0) is 50.1 Å². The quantitative estimate of drug-likeness (QED) is 0.862. The van der Waals surface area contributed by atoms with Crippen molar-refractivity contribution in [3.8, 4) is 17.0 Å². The van der Waals surface area contributed by atoms with Gasteiger partial charge < -0.3 is 4.74 Å². The van der Waals surface area contributed by atoms with Crippen molar-refractivity contribution in [2.45, 2.75) is 45.1 Å². The molecule has 0 unspecified atom stereocenters. The van der Waals surface area contributed by atoms with Gasteiger partial charge in [-0.2, -0.15) is 5.10 Å². The van der Waals surface area contributed by atoms with Crippen LogP contribution in [-0.4, -0.2) is 16.4 Å². The molecule has 3 rings (SSSR count). The molecule has 22 heavy (non-hydrogen) atoms. The van der Waals surface area contributed by atoms with E-state index < -0.39 is 0 Å². The summed E-state index contributed by atoms with van der Waals surface area (Å²) >= 11 is 0. The first-order chi connectivity index (χ1) is 10.8. The second-order valence-corrected chi connectivity index (χ2v) is 5.75. The van der Waals surface area contributed by atoms with Crippen LogP contribution in [0.1, 0.15) is 45.1 Å². The molecule has 0 amide bonds. The van der Waals surface area contributed by atoms with Crippen molar-refractivity contribution in [1.29, 1.82) is 0 Å². The van der Waals surface area contributed by atoms with E-state index in [0.29, 0.717) is 6.61 Å². The third-order valence-electron chi connectivity index (χ3n) is 4.21. The maximum Gasteiger partial charge on any atom is 0.267 e. The van der Waals surface area contributed by atoms with E-state index in [0.717, 1.165) is 29.8 Å². The molecule has 4 heteroatoms. The third kappa shape index (κ3) is 3.21. The largest absolute Gasteiger partial charge is 0.494 e. The number of rotatable bonds is 4. The molecule has 0 spiro atoms. The zero-order chi connectivity index (χ0) is 15.4. The van der Waals surface area contributed by atoms with Crippen LogP contribution in [0, 0.1) is 0 Å². The van der Waals surface area contributed by atoms with Crippen LogP contribution in [0.25, 0.3) is 11.3 Å². The van der Waals surface area contributed by atoms with Crippen LogP contribution >= 0.6 is 0 Å². The molecule has 0 aliphatic heterocycles. The van der Waals surface area contributed by atoms with E-state index >= 15 is 0 Å². The molecule has 0 saturated heterocycles. The number of aromatic nitrogens is 2. The standard InChI is InChI=1S/C18H22N2O2/c1-2-22-16-10-8-14(9-11-16)17-12-13-18(21)20(19-17)15-6-4-3-5-7-15/h8-13,15H,2-7H2,1H3. The normalized spacial score (nSPS) is 15.7. The fourth-order valence-corrected chi connectivity index (χ4v) is 3.06. The Bertz CT molecular complexity index is 670. The van der Waals surface area contributed by atoms with Gasteiger partial charge in [-0.1, -0.05) is 19.3 Å². The van der Waals surface area contributed by atoms with Crippen molar-refractivity contribution in [1.82, 2.24) is 9.78 Å². The molecule has 1 aliphatic rings. The van der Waals surface area contributed by atoms with Gasteiger partial charge in [0.05, 0.1) is 18.3 Å². The zero-order valence-corrected chi connectivity index (χ0v) is 13.0. The number of nitrogens with zero attached hydrogens (tertiary/aromatic N) is 2. The summed E-state index contributed by atoms with van der Waals surface area (Å²) in [6.07, 6.45) is 5.75. The lowest BCUT2D eigenvalue weighted by Gasteiger charge is -2.23. The fraction of sp³-hybridized carbons (Fsp3) is 0.444. The Morgan fingerprint density at radius 1 is 1.09 bits per heavy atom. The van der Waals surface area contributed by atoms with Gasteiger partial charge in [-0.25, -0.2) is 4.68 Å². The van der Waals surface area contributed by atoms with Crippen LogP contribution in [-0.2, 0) is 0 Å². The Morgan fingerprint density at radius 3 is 2.50 bits per heavy atom. The average molecular weight is 298 g/mol. The molecule has 1 aromatic carbocycles. The van der Waals surface area contributed by atoms with Crippen molar-refractivity contribution in [2.24, 2.45) is 0 Å². The fourth-order valence-electron chi connectivity index (χ4n) is 3.06. The van der Waals surface area contributed by atoms with Crippen molar-refractivity contribution < 1.29 is 4.74 Å². The number of hydrogen-bond acceptors (Lipinski definition) is 3. The Labute approximate surface area is 130 Å². The number of benzene rings is 1. The van der Waals surface area contributed by atoms with Gasteiger partial charge in [0.1, 0.15) is 5.75 Å². The summed E-state index contributed by atoms with van der Waals surface area (Å²) in [6.45, 7) is 2.62. The Kier molecular flexibility index (Phi) is 4.56. The van der Waals surface area contributed by atoms with E-state index in [1.165, 1.54) is 19.3 Å². The molecule has 0 bridgehead atoms. The van der Waals surface area contributed by atoms with Crippen LogP contribution in [0.15, 0.2) is 41.2 Å². The summed E-state index contributed by atoms with van der Waals surface area (Å²) in [5.41, 5.74) is 1.85. The zero-order valence-electron chi connectivity index (χ0n) is 13.0. The van der Waals surface area contributed by atoms with Crippen molar-refractivity contribution in [3.63, 3.8) is 0 Å². The van der Waals surface area contributed by atoms with Gasteiger partial charge >= 0.3 is 0 Å². The Morgan fingerprint density at radius 2 is 1.82 bits per heavy atom. The molecule has 1 fully saturated rings. The summed E-state index contributed by atoms with van der Waals surface area (Å²) in [6, 6.07) is 11.5. The van der Waals surface area contributed by atoms with E-state index in [1.807, 2.05) is 31.2 Å². The first-order valence-electron chi connectivity index (χ1n) is 8.11. The van der Waals surface area contributed by atoms with Crippen molar-refractivity contribution in [2.75, 3.05) is 6.61 Å². The van der Waals surface area contributed by atoms with Crippen molar-refractivity contribution in [3.05, 3.63) is 46.8 Å². The smallest absolute Gasteiger partial charge is 0.267 e. The lowest BCUT2D eigenvalue weighted by Crippen LogP contribution is -2.28. The van der Waals surface area contributed by atoms with Crippen LogP contribution in [0.2, 0.25) is 0 Å². The van der Waals surface area contributed by atoms with Crippen LogP contribution in [0.4, 0.5) is 0 Å². The molecular formula is C18H22N2O2. The maximum absolute atomic E-state index is 12.1. The summed E-state index contributed by atoms with van der Waals surface area (Å²) in [5.74, 6) is 0.854. The number of ether oxygens (including phenoxy) is 1. The highest BCUT2D eigenvalue weighted by Gasteiger charge is 2.17. The maximum atomic E-state index is 12.1. The lowest BCUT2D eigenvalue weighted by atomic mass is 9.95. The molecule has 0 radical (unpaired) electrons. The SMILES string of the molecule is CCOc1ccc(-c2ccc(=O)n(C3CCCCC3)n2)cc1.